The highest BCUT2D eigenvalue weighted by Gasteiger charge is 2.33. The van der Waals surface area contributed by atoms with Crippen LogP contribution in [0, 0.1) is 11.7 Å². The highest BCUT2D eigenvalue weighted by molar-refractivity contribution is 5.79. The lowest BCUT2D eigenvalue weighted by Crippen LogP contribution is -2.49. The van der Waals surface area contributed by atoms with Crippen LogP contribution in [-0.2, 0) is 9.53 Å². The zero-order chi connectivity index (χ0) is 15.5. The van der Waals surface area contributed by atoms with Crippen LogP contribution < -0.4 is 5.32 Å². The molecule has 2 aliphatic heterocycles. The molecule has 0 aromatic heterocycles. The number of carbonyl (C=O) groups excluding carboxylic acids is 1. The largest absolute Gasteiger partial charge is 0.367 e. The Morgan fingerprint density at radius 1 is 1.23 bits per heavy atom. The molecule has 2 unspecified atom stereocenters. The first-order valence-electron chi connectivity index (χ1n) is 8.04. The summed E-state index contributed by atoms with van der Waals surface area (Å²) < 4.78 is 19.0. The third kappa shape index (κ3) is 3.47. The fourth-order valence-corrected chi connectivity index (χ4v) is 3.32. The Morgan fingerprint density at radius 3 is 2.59 bits per heavy atom. The molecule has 2 saturated heterocycles. The average molecular weight is 306 g/mol. The van der Waals surface area contributed by atoms with Crippen molar-refractivity contribution in [2.24, 2.45) is 5.92 Å². The normalized spacial score (nSPS) is 26.9. The second-order valence-corrected chi connectivity index (χ2v) is 6.25. The maximum atomic E-state index is 13.1. The van der Waals surface area contributed by atoms with Crippen molar-refractivity contribution in [1.82, 2.24) is 10.2 Å². The number of hydrogen-bond donors (Lipinski definition) is 1. The van der Waals surface area contributed by atoms with Gasteiger partial charge in [-0.15, -0.1) is 0 Å². The highest BCUT2D eigenvalue weighted by atomic mass is 19.1. The van der Waals surface area contributed by atoms with E-state index >= 15 is 0 Å². The summed E-state index contributed by atoms with van der Waals surface area (Å²) in [7, 11) is 0. The van der Waals surface area contributed by atoms with E-state index in [1.54, 1.807) is 12.1 Å². The molecule has 2 aliphatic rings. The second-order valence-electron chi connectivity index (χ2n) is 6.25. The molecule has 2 fully saturated rings. The van der Waals surface area contributed by atoms with E-state index in [2.05, 4.69) is 5.32 Å². The predicted molar refractivity (Wildman–Crippen MR) is 81.9 cm³/mol. The average Bonchev–Trinajstić information content (AvgIpc) is 2.55. The first kappa shape index (κ1) is 15.4. The van der Waals surface area contributed by atoms with Crippen molar-refractivity contribution in [3.63, 3.8) is 0 Å². The van der Waals surface area contributed by atoms with Gasteiger partial charge in [-0.05, 0) is 50.6 Å². The number of piperidine rings is 1. The Labute approximate surface area is 130 Å². The molecule has 1 amide bonds. The fourth-order valence-electron chi connectivity index (χ4n) is 3.32. The molecular formula is C17H23FN2O2. The summed E-state index contributed by atoms with van der Waals surface area (Å²) in [5.41, 5.74) is 0.927. The van der Waals surface area contributed by atoms with Crippen LogP contribution in [0.15, 0.2) is 24.3 Å². The van der Waals surface area contributed by atoms with Gasteiger partial charge in [-0.1, -0.05) is 12.1 Å². The lowest BCUT2D eigenvalue weighted by molar-refractivity contribution is -0.149. The van der Waals surface area contributed by atoms with E-state index in [-0.39, 0.29) is 29.9 Å². The number of nitrogens with one attached hydrogen (secondary N) is 1. The molecule has 1 aromatic rings. The van der Waals surface area contributed by atoms with Crippen molar-refractivity contribution in [2.75, 3.05) is 26.2 Å². The summed E-state index contributed by atoms with van der Waals surface area (Å²) in [6, 6.07) is 6.37. The molecule has 2 atom stereocenters. The van der Waals surface area contributed by atoms with Gasteiger partial charge in [0.05, 0.1) is 12.6 Å². The third-order valence-corrected chi connectivity index (χ3v) is 4.50. The van der Waals surface area contributed by atoms with Crippen LogP contribution in [0.2, 0.25) is 0 Å². The van der Waals surface area contributed by atoms with Gasteiger partial charge in [-0.2, -0.15) is 0 Å². The summed E-state index contributed by atoms with van der Waals surface area (Å²) in [5.74, 6) is 0.111. The Balaban J connectivity index is 1.70. The molecular weight excluding hydrogens is 283 g/mol. The molecule has 0 aliphatic carbocycles. The predicted octanol–water partition coefficient (Wildman–Crippen LogP) is 2.11. The van der Waals surface area contributed by atoms with E-state index in [1.807, 2.05) is 11.8 Å². The SMILES string of the molecule is CC1CN(C(=O)C2CCNCC2)CC(c2ccc(F)cc2)O1. The minimum atomic E-state index is -0.254. The van der Waals surface area contributed by atoms with Gasteiger partial charge in [-0.3, -0.25) is 4.79 Å². The standard InChI is InChI=1S/C17H23FN2O2/c1-12-10-20(17(21)14-6-8-19-9-7-14)11-16(22-12)13-2-4-15(18)5-3-13/h2-5,12,14,16,19H,6-11H2,1H3. The molecule has 1 N–H and O–H groups in total. The summed E-state index contributed by atoms with van der Waals surface area (Å²) >= 11 is 0. The van der Waals surface area contributed by atoms with Crippen molar-refractivity contribution in [3.8, 4) is 0 Å². The Bertz CT molecular complexity index is 514. The molecule has 120 valence electrons. The van der Waals surface area contributed by atoms with Gasteiger partial charge < -0.3 is 15.0 Å². The molecule has 4 nitrogen and oxygen atoms in total. The number of amides is 1. The summed E-state index contributed by atoms with van der Waals surface area (Å²) in [4.78, 5) is 14.6. The second kappa shape index (κ2) is 6.75. The highest BCUT2D eigenvalue weighted by Crippen LogP contribution is 2.27. The number of carbonyl (C=O) groups is 1. The van der Waals surface area contributed by atoms with Gasteiger partial charge in [0.15, 0.2) is 0 Å². The number of hydrogen-bond acceptors (Lipinski definition) is 3. The maximum Gasteiger partial charge on any atom is 0.225 e. The van der Waals surface area contributed by atoms with Crippen LogP contribution >= 0.6 is 0 Å². The van der Waals surface area contributed by atoms with Crippen LogP contribution in [0.25, 0.3) is 0 Å². The van der Waals surface area contributed by atoms with Crippen LogP contribution in [0.1, 0.15) is 31.4 Å². The lowest BCUT2D eigenvalue weighted by Gasteiger charge is -2.39. The van der Waals surface area contributed by atoms with E-state index in [9.17, 15) is 9.18 Å². The van der Waals surface area contributed by atoms with Crippen molar-refractivity contribution in [2.45, 2.75) is 32.0 Å². The molecule has 3 rings (SSSR count). The van der Waals surface area contributed by atoms with E-state index in [4.69, 9.17) is 4.74 Å². The minimum Gasteiger partial charge on any atom is -0.367 e. The van der Waals surface area contributed by atoms with Gasteiger partial charge in [0, 0.05) is 12.5 Å². The molecule has 5 heteroatoms. The Hall–Kier alpha value is -1.46. The number of rotatable bonds is 2. The zero-order valence-corrected chi connectivity index (χ0v) is 12.9. The zero-order valence-electron chi connectivity index (χ0n) is 12.9. The molecule has 2 heterocycles. The monoisotopic (exact) mass is 306 g/mol. The van der Waals surface area contributed by atoms with E-state index in [0.717, 1.165) is 31.5 Å². The van der Waals surface area contributed by atoms with Crippen LogP contribution in [0.4, 0.5) is 4.39 Å². The molecule has 1 aromatic carbocycles. The Morgan fingerprint density at radius 2 is 1.91 bits per heavy atom. The van der Waals surface area contributed by atoms with Gasteiger partial charge in [0.1, 0.15) is 11.9 Å². The topological polar surface area (TPSA) is 41.6 Å². The first-order valence-corrected chi connectivity index (χ1v) is 8.04. The summed E-state index contributed by atoms with van der Waals surface area (Å²) in [6.45, 7) is 5.01. The van der Waals surface area contributed by atoms with Crippen molar-refractivity contribution >= 4 is 5.91 Å². The van der Waals surface area contributed by atoms with Crippen LogP contribution in [0.5, 0.6) is 0 Å². The maximum absolute atomic E-state index is 13.1. The smallest absolute Gasteiger partial charge is 0.225 e. The molecule has 0 bridgehead atoms. The molecule has 0 spiro atoms. The number of morpholine rings is 1. The van der Waals surface area contributed by atoms with Gasteiger partial charge in [0.2, 0.25) is 5.91 Å². The summed E-state index contributed by atoms with van der Waals surface area (Å²) in [6.07, 6.45) is 1.64. The summed E-state index contributed by atoms with van der Waals surface area (Å²) in [5, 5.41) is 3.29. The van der Waals surface area contributed by atoms with E-state index in [0.29, 0.717) is 13.1 Å². The molecule has 0 radical (unpaired) electrons. The quantitative estimate of drug-likeness (QED) is 0.910. The number of nitrogens with zero attached hydrogens (tertiary/aromatic N) is 1. The van der Waals surface area contributed by atoms with Crippen molar-refractivity contribution < 1.29 is 13.9 Å². The fraction of sp³-hybridized carbons (Fsp3) is 0.588. The molecule has 22 heavy (non-hydrogen) atoms. The van der Waals surface area contributed by atoms with E-state index in [1.165, 1.54) is 12.1 Å². The minimum absolute atomic E-state index is 0.00512. The van der Waals surface area contributed by atoms with Gasteiger partial charge >= 0.3 is 0 Å². The number of benzene rings is 1. The number of halogens is 1. The van der Waals surface area contributed by atoms with Gasteiger partial charge in [0.25, 0.3) is 0 Å². The third-order valence-electron chi connectivity index (χ3n) is 4.50. The first-order chi connectivity index (χ1) is 10.6. The molecule has 0 saturated carbocycles. The van der Waals surface area contributed by atoms with Crippen molar-refractivity contribution in [1.29, 1.82) is 0 Å². The lowest BCUT2D eigenvalue weighted by atomic mass is 9.95. The van der Waals surface area contributed by atoms with Gasteiger partial charge in [-0.25, -0.2) is 4.39 Å². The van der Waals surface area contributed by atoms with Crippen LogP contribution in [-0.4, -0.2) is 43.1 Å². The van der Waals surface area contributed by atoms with Crippen molar-refractivity contribution in [3.05, 3.63) is 35.6 Å². The van der Waals surface area contributed by atoms with E-state index < -0.39 is 0 Å². The Kier molecular flexibility index (Phi) is 4.74. The number of ether oxygens (including phenoxy) is 1. The van der Waals surface area contributed by atoms with Crippen LogP contribution in [0.3, 0.4) is 0 Å².